The van der Waals surface area contributed by atoms with Gasteiger partial charge >= 0.3 is 5.97 Å². The van der Waals surface area contributed by atoms with E-state index in [0.29, 0.717) is 21.8 Å². The molecule has 2 aromatic rings. The monoisotopic (exact) mass is 393 g/mol. The average Bonchev–Trinajstić information content (AvgIpc) is 2.90. The van der Waals surface area contributed by atoms with E-state index in [1.54, 1.807) is 6.92 Å². The van der Waals surface area contributed by atoms with Gasteiger partial charge in [-0.3, -0.25) is 14.4 Å². The molecule has 138 valence electrons. The molecule has 2 heterocycles. The van der Waals surface area contributed by atoms with E-state index in [1.165, 1.54) is 23.1 Å². The van der Waals surface area contributed by atoms with Crippen LogP contribution in [0.5, 0.6) is 0 Å². The molecule has 0 radical (unpaired) electrons. The molecule has 0 aliphatic carbocycles. The first-order valence-electron chi connectivity index (χ1n) is 7.80. The summed E-state index contributed by atoms with van der Waals surface area (Å²) < 4.78 is 4.93. The quantitative estimate of drug-likeness (QED) is 0.546. The standard InChI is InChI=1S/C17H19N3O4S2/c1-5-6-18-13(21)7-24-17(23)11(4)25-8-12-19-15(22)14-9(2)10(3)26-16(14)20-12/h1,11H,6-8H2,2-4H3,(H,18,21)(H,19,20,22)/t11-/m0/s1. The Kier molecular flexibility index (Phi) is 6.83. The number of esters is 1. The van der Waals surface area contributed by atoms with Gasteiger partial charge in [-0.1, -0.05) is 5.92 Å². The van der Waals surface area contributed by atoms with E-state index in [1.807, 2.05) is 13.8 Å². The summed E-state index contributed by atoms with van der Waals surface area (Å²) >= 11 is 2.74. The van der Waals surface area contributed by atoms with Crippen molar-refractivity contribution >= 4 is 45.2 Å². The second kappa shape index (κ2) is 8.87. The van der Waals surface area contributed by atoms with Crippen molar-refractivity contribution in [2.45, 2.75) is 31.8 Å². The minimum absolute atomic E-state index is 0.0872. The van der Waals surface area contributed by atoms with Gasteiger partial charge in [0.05, 0.1) is 17.7 Å². The number of aromatic nitrogens is 2. The number of fused-ring (bicyclic) bond motifs is 1. The number of H-pyrrole nitrogens is 1. The van der Waals surface area contributed by atoms with Crippen LogP contribution in [0.2, 0.25) is 0 Å². The van der Waals surface area contributed by atoms with Crippen LogP contribution in [0.15, 0.2) is 4.79 Å². The molecule has 0 unspecified atom stereocenters. The number of hydrogen-bond donors (Lipinski definition) is 2. The van der Waals surface area contributed by atoms with Crippen molar-refractivity contribution < 1.29 is 14.3 Å². The lowest BCUT2D eigenvalue weighted by Gasteiger charge is -2.10. The van der Waals surface area contributed by atoms with Crippen molar-refractivity contribution in [3.63, 3.8) is 0 Å². The van der Waals surface area contributed by atoms with E-state index in [2.05, 4.69) is 21.2 Å². The number of rotatable bonds is 7. The first kappa shape index (κ1) is 20.0. The summed E-state index contributed by atoms with van der Waals surface area (Å²) in [6, 6.07) is 0. The number of carbonyl (C=O) groups is 2. The number of terminal acetylenes is 1. The van der Waals surface area contributed by atoms with Crippen molar-refractivity contribution in [1.82, 2.24) is 15.3 Å². The van der Waals surface area contributed by atoms with Gasteiger partial charge in [-0.2, -0.15) is 0 Å². The van der Waals surface area contributed by atoms with Crippen LogP contribution in [-0.2, 0) is 20.1 Å². The Morgan fingerprint density at radius 1 is 1.46 bits per heavy atom. The van der Waals surface area contributed by atoms with Crippen molar-refractivity contribution in [1.29, 1.82) is 0 Å². The summed E-state index contributed by atoms with van der Waals surface area (Å²) in [6.07, 6.45) is 5.02. The zero-order valence-corrected chi connectivity index (χ0v) is 16.3. The normalized spacial score (nSPS) is 11.8. The number of carbonyl (C=O) groups excluding carboxylic acids is 2. The van der Waals surface area contributed by atoms with Crippen molar-refractivity contribution in [3.8, 4) is 12.3 Å². The molecule has 0 aliphatic heterocycles. The van der Waals surface area contributed by atoms with E-state index < -0.39 is 17.1 Å². The second-order valence-corrected chi connectivity index (χ2v) is 8.05. The lowest BCUT2D eigenvalue weighted by atomic mass is 10.2. The number of nitrogens with zero attached hydrogens (tertiary/aromatic N) is 1. The van der Waals surface area contributed by atoms with Crippen LogP contribution in [0, 0.1) is 26.2 Å². The number of amides is 1. The number of thiophene rings is 1. The lowest BCUT2D eigenvalue weighted by molar-refractivity contribution is -0.147. The predicted molar refractivity (Wildman–Crippen MR) is 103 cm³/mol. The summed E-state index contributed by atoms with van der Waals surface area (Å²) in [6.45, 7) is 5.23. The molecule has 1 amide bonds. The third kappa shape index (κ3) is 4.86. The molecule has 0 aromatic carbocycles. The highest BCUT2D eigenvalue weighted by molar-refractivity contribution is 7.99. The molecule has 2 aromatic heterocycles. The molecule has 0 fully saturated rings. The first-order valence-corrected chi connectivity index (χ1v) is 9.67. The number of aromatic amines is 1. The SMILES string of the molecule is C#CCNC(=O)COC(=O)[C@H](C)SCc1nc2sc(C)c(C)c2c(=O)[nH]1. The van der Waals surface area contributed by atoms with Crippen LogP contribution in [0.25, 0.3) is 10.2 Å². The number of ether oxygens (including phenoxy) is 1. The van der Waals surface area contributed by atoms with Gasteiger partial charge in [-0.25, -0.2) is 4.98 Å². The van der Waals surface area contributed by atoms with E-state index >= 15 is 0 Å². The van der Waals surface area contributed by atoms with Crippen molar-refractivity contribution in [2.75, 3.05) is 13.2 Å². The fourth-order valence-corrected chi connectivity index (χ4v) is 3.89. The molecule has 0 bridgehead atoms. The predicted octanol–water partition coefficient (Wildman–Crippen LogP) is 1.52. The Morgan fingerprint density at radius 2 is 2.19 bits per heavy atom. The molecule has 9 heteroatoms. The summed E-state index contributed by atoms with van der Waals surface area (Å²) in [7, 11) is 0. The van der Waals surface area contributed by atoms with Crippen LogP contribution >= 0.6 is 23.1 Å². The van der Waals surface area contributed by atoms with Crippen molar-refractivity contribution in [3.05, 3.63) is 26.6 Å². The highest BCUT2D eigenvalue weighted by Gasteiger charge is 2.18. The molecule has 1 atom stereocenters. The molecule has 0 saturated carbocycles. The van der Waals surface area contributed by atoms with E-state index in [4.69, 9.17) is 11.2 Å². The smallest absolute Gasteiger partial charge is 0.319 e. The van der Waals surface area contributed by atoms with Gasteiger partial charge in [0, 0.05) is 4.88 Å². The van der Waals surface area contributed by atoms with Gasteiger partial charge in [0.1, 0.15) is 15.9 Å². The second-order valence-electron chi connectivity index (χ2n) is 5.52. The van der Waals surface area contributed by atoms with E-state index in [9.17, 15) is 14.4 Å². The Balaban J connectivity index is 1.93. The van der Waals surface area contributed by atoms with Crippen molar-refractivity contribution in [2.24, 2.45) is 0 Å². The molecular weight excluding hydrogens is 374 g/mol. The summed E-state index contributed by atoms with van der Waals surface area (Å²) in [4.78, 5) is 44.5. The van der Waals surface area contributed by atoms with E-state index in [-0.39, 0.29) is 18.7 Å². The fraction of sp³-hybridized carbons (Fsp3) is 0.412. The molecule has 7 nitrogen and oxygen atoms in total. The van der Waals surface area contributed by atoms with Crippen LogP contribution < -0.4 is 10.9 Å². The number of hydrogen-bond acceptors (Lipinski definition) is 7. The summed E-state index contributed by atoms with van der Waals surface area (Å²) in [5, 5.41) is 2.51. The minimum Gasteiger partial charge on any atom is -0.455 e. The molecule has 2 rings (SSSR count). The highest BCUT2D eigenvalue weighted by atomic mass is 32.2. The van der Waals surface area contributed by atoms with Gasteiger partial charge in [-0.15, -0.1) is 29.5 Å². The molecule has 26 heavy (non-hydrogen) atoms. The number of aryl methyl sites for hydroxylation is 2. The van der Waals surface area contributed by atoms with Crippen LogP contribution in [0.1, 0.15) is 23.2 Å². The third-order valence-electron chi connectivity index (χ3n) is 3.62. The molecule has 0 aliphatic rings. The van der Waals surface area contributed by atoms with E-state index in [0.717, 1.165) is 10.4 Å². The Morgan fingerprint density at radius 3 is 2.88 bits per heavy atom. The Bertz CT molecular complexity index is 926. The van der Waals surface area contributed by atoms with Crippen LogP contribution in [0.4, 0.5) is 0 Å². The van der Waals surface area contributed by atoms with Gasteiger partial charge in [-0.05, 0) is 26.3 Å². The zero-order chi connectivity index (χ0) is 19.3. The topological polar surface area (TPSA) is 101 Å². The molecule has 0 saturated heterocycles. The summed E-state index contributed by atoms with van der Waals surface area (Å²) in [5.74, 6) is 2.14. The maximum Gasteiger partial charge on any atom is 0.319 e. The maximum absolute atomic E-state index is 12.2. The first-order chi connectivity index (χ1) is 12.3. The average molecular weight is 393 g/mol. The lowest BCUT2D eigenvalue weighted by Crippen LogP contribution is -2.30. The van der Waals surface area contributed by atoms with Gasteiger partial charge in [0.25, 0.3) is 11.5 Å². The number of thioether (sulfide) groups is 1. The molecular formula is C17H19N3O4S2. The fourth-order valence-electron chi connectivity index (χ4n) is 2.09. The Hall–Kier alpha value is -2.31. The van der Waals surface area contributed by atoms with Gasteiger partial charge in [0.15, 0.2) is 6.61 Å². The van der Waals surface area contributed by atoms with Gasteiger partial charge < -0.3 is 15.0 Å². The van der Waals surface area contributed by atoms with Gasteiger partial charge in [0.2, 0.25) is 0 Å². The third-order valence-corrected chi connectivity index (χ3v) is 5.86. The molecule has 0 spiro atoms. The zero-order valence-electron chi connectivity index (χ0n) is 14.7. The maximum atomic E-state index is 12.2. The largest absolute Gasteiger partial charge is 0.455 e. The van der Waals surface area contributed by atoms with Crippen LogP contribution in [-0.4, -0.2) is 40.2 Å². The molecule has 2 N–H and O–H groups in total. The Labute approximate surface area is 158 Å². The summed E-state index contributed by atoms with van der Waals surface area (Å²) in [5.41, 5.74) is 0.769. The van der Waals surface area contributed by atoms with Crippen LogP contribution in [0.3, 0.4) is 0 Å². The number of nitrogens with one attached hydrogen (secondary N) is 2. The highest BCUT2D eigenvalue weighted by Crippen LogP contribution is 2.26. The minimum atomic E-state index is -0.517.